The fraction of sp³-hybridized carbons (Fsp3) is 0.152. The molecule has 6 rings (SSSR count). The first-order valence-corrected chi connectivity index (χ1v) is 14.0. The van der Waals surface area contributed by atoms with Gasteiger partial charge in [0.25, 0.3) is 0 Å². The van der Waals surface area contributed by atoms with E-state index < -0.39 is 5.97 Å². The Labute approximate surface area is 248 Å². The number of nitrogens with zero attached hydrogens (tertiary/aromatic N) is 2. The highest BCUT2D eigenvalue weighted by Gasteiger charge is 2.41. The zero-order valence-corrected chi connectivity index (χ0v) is 23.6. The van der Waals surface area contributed by atoms with Crippen LogP contribution in [0.5, 0.6) is 0 Å². The normalized spacial score (nSPS) is 16.3. The maximum atomic E-state index is 13.1. The Morgan fingerprint density at radius 2 is 1.81 bits per heavy atom. The van der Waals surface area contributed by atoms with Gasteiger partial charge in [0.15, 0.2) is 5.11 Å². The Balaban J connectivity index is 1.26. The molecule has 1 saturated heterocycles. The predicted octanol–water partition coefficient (Wildman–Crippen LogP) is 6.28. The Morgan fingerprint density at radius 3 is 2.64 bits per heavy atom. The number of rotatable bonds is 8. The van der Waals surface area contributed by atoms with Crippen LogP contribution in [0.15, 0.2) is 108 Å². The lowest BCUT2D eigenvalue weighted by molar-refractivity contribution is -0.116. The number of amides is 1. The van der Waals surface area contributed by atoms with Crippen LogP contribution >= 0.6 is 12.2 Å². The van der Waals surface area contributed by atoms with Gasteiger partial charge in [0, 0.05) is 35.8 Å². The zero-order valence-electron chi connectivity index (χ0n) is 22.8. The maximum Gasteiger partial charge on any atom is 0.337 e. The van der Waals surface area contributed by atoms with Crippen LogP contribution < -0.4 is 10.6 Å². The van der Waals surface area contributed by atoms with Gasteiger partial charge >= 0.3 is 5.97 Å². The number of ether oxygens (including phenoxy) is 1. The van der Waals surface area contributed by atoms with E-state index in [1.165, 1.54) is 7.11 Å². The van der Waals surface area contributed by atoms with Gasteiger partial charge in [-0.1, -0.05) is 54.6 Å². The number of carbonyl (C=O) groups excluding carboxylic acids is 2. The number of anilines is 1. The fourth-order valence-electron chi connectivity index (χ4n) is 5.31. The highest BCUT2D eigenvalue weighted by atomic mass is 32.1. The molecule has 0 spiro atoms. The molecule has 0 bridgehead atoms. The van der Waals surface area contributed by atoms with Crippen LogP contribution in [0.2, 0.25) is 0 Å². The number of fused-ring (bicyclic) bond motifs is 1. The number of pyridine rings is 1. The van der Waals surface area contributed by atoms with E-state index in [0.717, 1.165) is 27.7 Å². The van der Waals surface area contributed by atoms with E-state index in [0.29, 0.717) is 28.7 Å². The highest BCUT2D eigenvalue weighted by Crippen LogP contribution is 2.40. The van der Waals surface area contributed by atoms with E-state index in [1.54, 1.807) is 24.4 Å². The molecule has 210 valence electrons. The minimum Gasteiger partial charge on any atom is -0.465 e. The van der Waals surface area contributed by atoms with Crippen LogP contribution in [0, 0.1) is 0 Å². The summed E-state index contributed by atoms with van der Waals surface area (Å²) in [5, 5.41) is 9.01. The average molecular weight is 577 g/mol. The molecule has 3 heterocycles. The molecule has 1 aliphatic heterocycles. The second-order valence-corrected chi connectivity index (χ2v) is 10.3. The minimum atomic E-state index is -0.419. The lowest BCUT2D eigenvalue weighted by atomic mass is 10.0. The van der Waals surface area contributed by atoms with Crippen molar-refractivity contribution < 1.29 is 18.7 Å². The number of aromatic nitrogens is 1. The number of nitrogens with one attached hydrogen (secondary N) is 2. The molecule has 1 amide bonds. The van der Waals surface area contributed by atoms with Gasteiger partial charge < -0.3 is 24.7 Å². The molecule has 5 aromatic rings. The van der Waals surface area contributed by atoms with E-state index in [9.17, 15) is 9.59 Å². The SMILES string of the molecule is COC(=O)c1cccc(-c2ccc([C@H]3[C@@H](c4ccccn4)NC(=S)N3CCC(=O)Nc3cccc4ccccc34)o2)c1. The lowest BCUT2D eigenvalue weighted by Crippen LogP contribution is -2.32. The van der Waals surface area contributed by atoms with Crippen molar-refractivity contribution in [3.63, 3.8) is 0 Å². The third-order valence-electron chi connectivity index (χ3n) is 7.33. The standard InChI is InChI=1S/C33H28N4O4S/c1-40-32(39)23-11-6-10-22(20-23)27-15-16-28(41-27)31-30(26-13-4-5-18-34-26)36-33(42)37(31)19-17-29(38)35-25-14-7-9-21-8-2-3-12-24(21)25/h2-16,18,20,30-31H,17,19H2,1H3,(H,35,38)(H,36,42)/t30-,31+/m1/s1. The summed E-state index contributed by atoms with van der Waals surface area (Å²) in [7, 11) is 1.35. The van der Waals surface area contributed by atoms with Crippen molar-refractivity contribution in [3.8, 4) is 11.3 Å². The summed E-state index contributed by atoms with van der Waals surface area (Å²) >= 11 is 5.76. The second kappa shape index (κ2) is 11.8. The van der Waals surface area contributed by atoms with Crippen LogP contribution in [-0.2, 0) is 9.53 Å². The van der Waals surface area contributed by atoms with Crippen molar-refractivity contribution in [1.82, 2.24) is 15.2 Å². The Morgan fingerprint density at radius 1 is 1.00 bits per heavy atom. The number of furan rings is 1. The highest BCUT2D eigenvalue weighted by molar-refractivity contribution is 7.80. The number of benzene rings is 3. The zero-order chi connectivity index (χ0) is 29.1. The van der Waals surface area contributed by atoms with E-state index in [-0.39, 0.29) is 24.4 Å². The molecule has 3 aromatic carbocycles. The summed E-state index contributed by atoms with van der Waals surface area (Å²) < 4.78 is 11.3. The average Bonchev–Trinajstić information content (AvgIpc) is 3.65. The van der Waals surface area contributed by atoms with Gasteiger partial charge in [-0.25, -0.2) is 4.79 Å². The van der Waals surface area contributed by atoms with Gasteiger partial charge in [0.1, 0.15) is 17.6 Å². The van der Waals surface area contributed by atoms with E-state index in [2.05, 4.69) is 15.6 Å². The first kappa shape index (κ1) is 27.2. The van der Waals surface area contributed by atoms with Gasteiger partial charge in [-0.05, 0) is 60.1 Å². The number of hydrogen-bond donors (Lipinski definition) is 2. The second-order valence-electron chi connectivity index (χ2n) is 9.92. The number of thiocarbonyl (C=S) groups is 1. The predicted molar refractivity (Wildman–Crippen MR) is 165 cm³/mol. The Bertz CT molecular complexity index is 1770. The number of hydrogen-bond acceptors (Lipinski definition) is 6. The van der Waals surface area contributed by atoms with E-state index in [4.69, 9.17) is 21.4 Å². The smallest absolute Gasteiger partial charge is 0.337 e. The molecule has 0 radical (unpaired) electrons. The molecular formula is C33H28N4O4S. The third-order valence-corrected chi connectivity index (χ3v) is 7.68. The van der Waals surface area contributed by atoms with E-state index >= 15 is 0 Å². The quantitative estimate of drug-likeness (QED) is 0.165. The van der Waals surface area contributed by atoms with Crippen molar-refractivity contribution in [2.24, 2.45) is 0 Å². The van der Waals surface area contributed by atoms with Crippen LogP contribution in [0.25, 0.3) is 22.1 Å². The largest absolute Gasteiger partial charge is 0.465 e. The summed E-state index contributed by atoms with van der Waals surface area (Å²) in [6.45, 7) is 0.365. The van der Waals surface area contributed by atoms with Gasteiger partial charge in [-0.15, -0.1) is 0 Å². The monoisotopic (exact) mass is 576 g/mol. The number of carbonyl (C=O) groups is 2. The van der Waals surface area contributed by atoms with Gasteiger partial charge in [-0.2, -0.15) is 0 Å². The molecule has 0 saturated carbocycles. The summed E-state index contributed by atoms with van der Waals surface area (Å²) in [4.78, 5) is 31.8. The number of methoxy groups -OCH3 is 1. The van der Waals surface area contributed by atoms with Crippen LogP contribution in [0.1, 0.15) is 40.3 Å². The fourth-order valence-corrected chi connectivity index (χ4v) is 5.64. The molecule has 8 nitrogen and oxygen atoms in total. The van der Waals surface area contributed by atoms with Gasteiger partial charge in [-0.3, -0.25) is 9.78 Å². The molecule has 0 aliphatic carbocycles. The molecule has 2 aromatic heterocycles. The number of esters is 1. The lowest BCUT2D eigenvalue weighted by Gasteiger charge is -2.26. The summed E-state index contributed by atoms with van der Waals surface area (Å²) in [6.07, 6.45) is 1.95. The summed E-state index contributed by atoms with van der Waals surface area (Å²) in [6, 6.07) is 29.7. The van der Waals surface area contributed by atoms with Crippen LogP contribution in [0.4, 0.5) is 5.69 Å². The molecule has 1 aliphatic rings. The topological polar surface area (TPSA) is 96.7 Å². The minimum absolute atomic E-state index is 0.117. The van der Waals surface area contributed by atoms with Crippen LogP contribution in [0.3, 0.4) is 0 Å². The maximum absolute atomic E-state index is 13.1. The molecule has 2 N–H and O–H groups in total. The summed E-state index contributed by atoms with van der Waals surface area (Å²) in [5.74, 6) is 0.721. The van der Waals surface area contributed by atoms with Gasteiger partial charge in [0.05, 0.1) is 24.4 Å². The first-order valence-electron chi connectivity index (χ1n) is 13.6. The third kappa shape index (κ3) is 5.46. The van der Waals surface area contributed by atoms with Crippen molar-refractivity contribution in [3.05, 3.63) is 120 Å². The molecular weight excluding hydrogens is 548 g/mol. The van der Waals surface area contributed by atoms with Gasteiger partial charge in [0.2, 0.25) is 5.91 Å². The Hall–Kier alpha value is -5.02. The van der Waals surface area contributed by atoms with Crippen molar-refractivity contribution in [2.75, 3.05) is 19.0 Å². The van der Waals surface area contributed by atoms with Crippen molar-refractivity contribution >= 4 is 45.7 Å². The molecule has 9 heteroatoms. The van der Waals surface area contributed by atoms with E-state index in [1.807, 2.05) is 83.8 Å². The Kier molecular flexibility index (Phi) is 7.66. The molecule has 0 unspecified atom stereocenters. The first-order chi connectivity index (χ1) is 20.5. The molecule has 2 atom stereocenters. The van der Waals surface area contributed by atoms with Crippen LogP contribution in [-0.4, -0.2) is 40.5 Å². The molecule has 42 heavy (non-hydrogen) atoms. The van der Waals surface area contributed by atoms with Crippen molar-refractivity contribution in [2.45, 2.75) is 18.5 Å². The molecule has 1 fully saturated rings. The summed E-state index contributed by atoms with van der Waals surface area (Å²) in [5.41, 5.74) is 2.75. The van der Waals surface area contributed by atoms with Crippen molar-refractivity contribution in [1.29, 1.82) is 0 Å².